The predicted octanol–water partition coefficient (Wildman–Crippen LogP) is 0.803. The molecule has 2 atom stereocenters. The average molecular weight is 418 g/mol. The van der Waals surface area contributed by atoms with Crippen molar-refractivity contribution in [2.45, 2.75) is 37.8 Å². The molecule has 2 heterocycles. The fourth-order valence-electron chi connectivity index (χ4n) is 3.35. The van der Waals surface area contributed by atoms with Gasteiger partial charge in [0.05, 0.1) is 6.04 Å². The van der Waals surface area contributed by atoms with Crippen LogP contribution in [0.3, 0.4) is 0 Å². The number of rotatable bonds is 9. The number of unbranched alkanes of at least 4 members (excludes halogenated alkanes) is 1. The Morgan fingerprint density at radius 3 is 2.60 bits per heavy atom. The van der Waals surface area contributed by atoms with Gasteiger partial charge < -0.3 is 36.5 Å². The van der Waals surface area contributed by atoms with E-state index in [2.05, 4.69) is 20.8 Å². The minimum absolute atomic E-state index is 0.174. The van der Waals surface area contributed by atoms with E-state index in [1.165, 1.54) is 0 Å². The topological polar surface area (TPSA) is 156 Å². The summed E-state index contributed by atoms with van der Waals surface area (Å²) in [5, 5.41) is 24.0. The molecule has 10 heteroatoms. The van der Waals surface area contributed by atoms with Crippen LogP contribution >= 0.6 is 0 Å². The third-order valence-electron chi connectivity index (χ3n) is 5.12. The van der Waals surface area contributed by atoms with Gasteiger partial charge in [-0.25, -0.2) is 4.79 Å². The number of hydrogen-bond acceptors (Lipinski definition) is 8. The molecule has 10 nitrogen and oxygen atoms in total. The summed E-state index contributed by atoms with van der Waals surface area (Å²) < 4.78 is 5.85. The van der Waals surface area contributed by atoms with Gasteiger partial charge in [-0.3, -0.25) is 0 Å². The Kier molecular flexibility index (Phi) is 8.00. The zero-order chi connectivity index (χ0) is 21.3. The molecule has 1 aliphatic heterocycles. The van der Waals surface area contributed by atoms with Crippen LogP contribution in [0.2, 0.25) is 0 Å². The number of amides is 2. The van der Waals surface area contributed by atoms with Crippen LogP contribution in [-0.4, -0.2) is 59.0 Å². The molecule has 0 spiro atoms. The molecule has 1 saturated heterocycles. The van der Waals surface area contributed by atoms with Crippen LogP contribution < -0.4 is 22.1 Å². The molecule has 0 unspecified atom stereocenters. The summed E-state index contributed by atoms with van der Waals surface area (Å²) in [6.07, 6.45) is 2.92. The van der Waals surface area contributed by atoms with Crippen LogP contribution in [0.1, 0.15) is 48.7 Å². The number of phenols is 1. The molecule has 1 fully saturated rings. The van der Waals surface area contributed by atoms with Gasteiger partial charge in [0, 0.05) is 32.6 Å². The lowest BCUT2D eigenvalue weighted by Crippen LogP contribution is -2.51. The zero-order valence-electron chi connectivity index (χ0n) is 17.1. The Morgan fingerprint density at radius 1 is 1.20 bits per heavy atom. The van der Waals surface area contributed by atoms with Gasteiger partial charge in [0.2, 0.25) is 11.8 Å². The second-order valence-corrected chi connectivity index (χ2v) is 7.48. The summed E-state index contributed by atoms with van der Waals surface area (Å²) in [7, 11) is 0. The smallest absolute Gasteiger partial charge is 0.318 e. The van der Waals surface area contributed by atoms with Crippen LogP contribution in [0.5, 0.6) is 5.75 Å². The molecule has 164 valence electrons. The van der Waals surface area contributed by atoms with E-state index in [4.69, 9.17) is 15.9 Å². The largest absolute Gasteiger partial charge is 0.508 e. The quantitative estimate of drug-likeness (QED) is 0.375. The lowest BCUT2D eigenvalue weighted by atomic mass is 10.1. The minimum atomic E-state index is -0.505. The lowest BCUT2D eigenvalue weighted by Gasteiger charge is -2.29. The maximum atomic E-state index is 12.8. The highest BCUT2D eigenvalue weighted by Crippen LogP contribution is 2.23. The number of benzene rings is 1. The molecule has 1 aromatic heterocycles. The summed E-state index contributed by atoms with van der Waals surface area (Å²) in [6.45, 7) is 3.42. The summed E-state index contributed by atoms with van der Waals surface area (Å²) >= 11 is 0. The fraction of sp³-hybridized carbons (Fsp3) is 0.550. The van der Waals surface area contributed by atoms with Crippen LogP contribution in [0.4, 0.5) is 4.79 Å². The number of phenolic OH excluding ortho intramolecular Hbond substituents is 1. The number of piperazine rings is 1. The first kappa shape index (κ1) is 22.0. The van der Waals surface area contributed by atoms with Crippen molar-refractivity contribution >= 4 is 6.03 Å². The average Bonchev–Trinajstić information content (AvgIpc) is 3.26. The highest BCUT2D eigenvalue weighted by molar-refractivity contribution is 5.74. The Hall–Kier alpha value is -2.69. The standard InChI is InChI=1S/C20H31N7O3/c21-8-2-1-3-16(22)18-25-26-19(30-18)17(13-14-4-6-15(28)7-5-14)24-20(29)27-11-9-23-10-12-27/h4-7,16-17,23,28H,1-3,8-13,21-22H2,(H,24,29)/t16-,17-/m0/s1. The SMILES string of the molecule is NCCCC[C@H](N)c1nnc([C@H](Cc2ccc(O)cc2)NC(=O)N2CCNCC2)o1. The van der Waals surface area contributed by atoms with E-state index in [9.17, 15) is 9.90 Å². The molecule has 1 aliphatic rings. The number of carbonyl (C=O) groups is 1. The number of urea groups is 1. The first-order valence-corrected chi connectivity index (χ1v) is 10.4. The van der Waals surface area contributed by atoms with Crippen molar-refractivity contribution in [1.29, 1.82) is 0 Å². The van der Waals surface area contributed by atoms with Crippen LogP contribution in [0.15, 0.2) is 28.7 Å². The molecule has 2 amide bonds. The van der Waals surface area contributed by atoms with Crippen molar-refractivity contribution in [3.05, 3.63) is 41.6 Å². The maximum Gasteiger partial charge on any atom is 0.318 e. The highest BCUT2D eigenvalue weighted by Gasteiger charge is 2.26. The molecule has 0 bridgehead atoms. The van der Waals surface area contributed by atoms with E-state index in [1.54, 1.807) is 29.2 Å². The van der Waals surface area contributed by atoms with Gasteiger partial charge >= 0.3 is 6.03 Å². The molecular formula is C20H31N7O3. The van der Waals surface area contributed by atoms with Crippen LogP contribution in [-0.2, 0) is 6.42 Å². The molecular weight excluding hydrogens is 386 g/mol. The summed E-state index contributed by atoms with van der Waals surface area (Å²) in [5.74, 6) is 0.855. The molecule has 0 aliphatic carbocycles. The molecule has 3 rings (SSSR count). The summed E-state index contributed by atoms with van der Waals surface area (Å²) in [6, 6.07) is 5.77. The van der Waals surface area contributed by atoms with Gasteiger partial charge in [0.25, 0.3) is 0 Å². The first-order chi connectivity index (χ1) is 14.6. The van der Waals surface area contributed by atoms with Crippen molar-refractivity contribution in [1.82, 2.24) is 25.7 Å². The Morgan fingerprint density at radius 2 is 1.90 bits per heavy atom. The van der Waals surface area contributed by atoms with E-state index < -0.39 is 6.04 Å². The fourth-order valence-corrected chi connectivity index (χ4v) is 3.35. The second kappa shape index (κ2) is 10.9. The van der Waals surface area contributed by atoms with Gasteiger partial charge in [-0.15, -0.1) is 10.2 Å². The van der Waals surface area contributed by atoms with Crippen molar-refractivity contribution in [3.63, 3.8) is 0 Å². The highest BCUT2D eigenvalue weighted by atomic mass is 16.4. The van der Waals surface area contributed by atoms with Crippen molar-refractivity contribution < 1.29 is 14.3 Å². The van der Waals surface area contributed by atoms with Crippen molar-refractivity contribution in [2.75, 3.05) is 32.7 Å². The molecule has 30 heavy (non-hydrogen) atoms. The molecule has 0 radical (unpaired) electrons. The van der Waals surface area contributed by atoms with Gasteiger partial charge in [-0.1, -0.05) is 18.6 Å². The minimum Gasteiger partial charge on any atom is -0.508 e. The van der Waals surface area contributed by atoms with Gasteiger partial charge in [-0.2, -0.15) is 0 Å². The number of hydrogen-bond donors (Lipinski definition) is 5. The number of aromatic nitrogens is 2. The van der Waals surface area contributed by atoms with E-state index in [-0.39, 0.29) is 17.8 Å². The number of nitrogens with two attached hydrogens (primary N) is 2. The predicted molar refractivity (Wildman–Crippen MR) is 112 cm³/mol. The lowest BCUT2D eigenvalue weighted by molar-refractivity contribution is 0.183. The molecule has 2 aromatic rings. The van der Waals surface area contributed by atoms with Crippen molar-refractivity contribution in [2.24, 2.45) is 11.5 Å². The Balaban J connectivity index is 1.73. The molecule has 0 saturated carbocycles. The third kappa shape index (κ3) is 6.15. The monoisotopic (exact) mass is 417 g/mol. The molecule has 7 N–H and O–H groups in total. The summed E-state index contributed by atoms with van der Waals surface area (Å²) in [5.41, 5.74) is 12.6. The number of carbonyl (C=O) groups excluding carboxylic acids is 1. The van der Waals surface area contributed by atoms with E-state index in [1.807, 2.05) is 0 Å². The number of aromatic hydroxyl groups is 1. The maximum absolute atomic E-state index is 12.8. The van der Waals surface area contributed by atoms with E-state index in [0.29, 0.717) is 44.3 Å². The second-order valence-electron chi connectivity index (χ2n) is 7.48. The normalized spacial score (nSPS) is 16.3. The number of nitrogens with one attached hydrogen (secondary N) is 2. The van der Waals surface area contributed by atoms with E-state index >= 15 is 0 Å². The van der Waals surface area contributed by atoms with Gasteiger partial charge in [-0.05, 0) is 37.1 Å². The van der Waals surface area contributed by atoms with Crippen molar-refractivity contribution in [3.8, 4) is 5.75 Å². The van der Waals surface area contributed by atoms with Gasteiger partial charge in [0.1, 0.15) is 11.8 Å². The number of nitrogens with zero attached hydrogens (tertiary/aromatic N) is 3. The van der Waals surface area contributed by atoms with Crippen LogP contribution in [0, 0.1) is 0 Å². The third-order valence-corrected chi connectivity index (χ3v) is 5.12. The Bertz CT molecular complexity index is 790. The molecule has 1 aromatic carbocycles. The zero-order valence-corrected chi connectivity index (χ0v) is 17.1. The van der Waals surface area contributed by atoms with E-state index in [0.717, 1.165) is 31.5 Å². The Labute approximate surface area is 176 Å². The van der Waals surface area contributed by atoms with Crippen LogP contribution in [0.25, 0.3) is 0 Å². The summed E-state index contributed by atoms with van der Waals surface area (Å²) in [4.78, 5) is 14.5. The first-order valence-electron chi connectivity index (χ1n) is 10.4. The van der Waals surface area contributed by atoms with Gasteiger partial charge in [0.15, 0.2) is 0 Å².